The van der Waals surface area contributed by atoms with Gasteiger partial charge < -0.3 is 0 Å². The molecular formula is C20H17N5O6. The van der Waals surface area contributed by atoms with Gasteiger partial charge in [-0.25, -0.2) is 10.4 Å². The minimum Gasteiger partial charge on any atom is -0.272 e. The lowest BCUT2D eigenvalue weighted by Crippen LogP contribution is -2.49. The van der Waals surface area contributed by atoms with Gasteiger partial charge in [0, 0.05) is 30.5 Å². The van der Waals surface area contributed by atoms with Crippen LogP contribution in [0.5, 0.6) is 0 Å². The third-order valence-electron chi connectivity index (χ3n) is 4.97. The molecule has 0 heterocycles. The quantitative estimate of drug-likeness (QED) is 0.312. The summed E-state index contributed by atoms with van der Waals surface area (Å²) in [4.78, 5) is 49.3. The summed E-state index contributed by atoms with van der Waals surface area (Å²) in [5.74, 6) is -1.19. The van der Waals surface area contributed by atoms with Gasteiger partial charge >= 0.3 is 0 Å². The van der Waals surface area contributed by atoms with Crippen LogP contribution in [0.4, 0.5) is 11.4 Å². The Bertz CT molecular complexity index is 1070. The van der Waals surface area contributed by atoms with Crippen molar-refractivity contribution in [2.75, 3.05) is 0 Å². The highest BCUT2D eigenvalue weighted by molar-refractivity contribution is 6.09. The van der Waals surface area contributed by atoms with Gasteiger partial charge in [-0.15, -0.1) is 0 Å². The summed E-state index contributed by atoms with van der Waals surface area (Å²) in [6.45, 7) is 0. The van der Waals surface area contributed by atoms with Gasteiger partial charge in [0.15, 0.2) is 0 Å². The van der Waals surface area contributed by atoms with E-state index < -0.39 is 27.1 Å². The number of amides is 2. The Kier molecular flexibility index (Phi) is 6.24. The van der Waals surface area contributed by atoms with Crippen LogP contribution in [0.15, 0.2) is 58.6 Å². The van der Waals surface area contributed by atoms with Gasteiger partial charge in [-0.2, -0.15) is 5.10 Å². The van der Waals surface area contributed by atoms with Crippen LogP contribution in [-0.2, 0) is 9.59 Å². The first-order chi connectivity index (χ1) is 14.8. The van der Waals surface area contributed by atoms with Gasteiger partial charge in [0.1, 0.15) is 5.41 Å². The molecule has 0 radical (unpaired) electrons. The zero-order chi connectivity index (χ0) is 22.4. The molecule has 1 aliphatic rings. The van der Waals surface area contributed by atoms with Crippen molar-refractivity contribution in [3.05, 3.63) is 79.9 Å². The zero-order valence-corrected chi connectivity index (χ0v) is 16.1. The molecule has 0 aromatic heterocycles. The third-order valence-corrected chi connectivity index (χ3v) is 4.97. The maximum absolute atomic E-state index is 12.6. The first kappa shape index (κ1) is 21.4. The second-order valence-electron chi connectivity index (χ2n) is 6.90. The van der Waals surface area contributed by atoms with E-state index in [0.717, 1.165) is 0 Å². The molecule has 31 heavy (non-hydrogen) atoms. The molecular weight excluding hydrogens is 406 g/mol. The number of non-ortho nitro benzene ring substituents is 2. The number of hydrazone groups is 1. The van der Waals surface area contributed by atoms with Gasteiger partial charge in [0.25, 0.3) is 23.2 Å². The summed E-state index contributed by atoms with van der Waals surface area (Å²) < 4.78 is 0. The highest BCUT2D eigenvalue weighted by Crippen LogP contribution is 2.42. The molecule has 0 spiro atoms. The fourth-order valence-corrected chi connectivity index (χ4v) is 2.96. The molecule has 0 unspecified atom stereocenters. The molecule has 1 saturated carbocycles. The summed E-state index contributed by atoms with van der Waals surface area (Å²) in [5.41, 5.74) is 1.92. The number of nitro groups is 2. The second-order valence-corrected chi connectivity index (χ2v) is 6.90. The van der Waals surface area contributed by atoms with Crippen LogP contribution in [-0.4, -0.2) is 34.1 Å². The van der Waals surface area contributed by atoms with Crippen molar-refractivity contribution in [3.8, 4) is 0 Å². The lowest BCUT2D eigenvalue weighted by atomic mass is 9.67. The predicted molar refractivity (Wildman–Crippen MR) is 111 cm³/mol. The van der Waals surface area contributed by atoms with Crippen molar-refractivity contribution < 1.29 is 19.4 Å². The van der Waals surface area contributed by atoms with Crippen LogP contribution in [0.1, 0.15) is 30.4 Å². The number of benzene rings is 2. The van der Waals surface area contributed by atoms with E-state index in [1.54, 1.807) is 0 Å². The van der Waals surface area contributed by atoms with Crippen molar-refractivity contribution in [2.24, 2.45) is 15.5 Å². The van der Waals surface area contributed by atoms with E-state index >= 15 is 0 Å². The minimum absolute atomic E-state index is 0.0638. The molecule has 2 amide bonds. The molecule has 0 atom stereocenters. The van der Waals surface area contributed by atoms with E-state index in [1.165, 1.54) is 61.0 Å². The maximum Gasteiger partial charge on any atom is 0.269 e. The van der Waals surface area contributed by atoms with Gasteiger partial charge in [-0.3, -0.25) is 29.8 Å². The standard InChI is InChI=1S/C20H17N5O6/c26-18(21-12-14-2-6-16(7-3-14)24(28)29)20(10-1-11-20)19(27)23-22-13-15-4-8-17(9-5-15)25(30)31/h2-9,12-13H,1,10-11H2,(H,23,27)/b21-12?,22-13-. The summed E-state index contributed by atoms with van der Waals surface area (Å²) >= 11 is 0. The monoisotopic (exact) mass is 423 g/mol. The van der Waals surface area contributed by atoms with Crippen LogP contribution in [0.2, 0.25) is 0 Å². The van der Waals surface area contributed by atoms with Crippen LogP contribution >= 0.6 is 0 Å². The Morgan fingerprint density at radius 3 is 1.77 bits per heavy atom. The van der Waals surface area contributed by atoms with Crippen LogP contribution in [0.25, 0.3) is 0 Å². The molecule has 2 aromatic rings. The van der Waals surface area contributed by atoms with Gasteiger partial charge in [-0.1, -0.05) is 6.42 Å². The van der Waals surface area contributed by atoms with Crippen LogP contribution < -0.4 is 5.43 Å². The normalized spacial score (nSPS) is 14.8. The second kappa shape index (κ2) is 9.03. The van der Waals surface area contributed by atoms with Crippen molar-refractivity contribution in [1.29, 1.82) is 0 Å². The molecule has 158 valence electrons. The number of nitrogens with zero attached hydrogens (tertiary/aromatic N) is 4. The van der Waals surface area contributed by atoms with Crippen molar-refractivity contribution >= 4 is 35.6 Å². The largest absolute Gasteiger partial charge is 0.272 e. The number of carbonyl (C=O) groups is 2. The number of hydrogen-bond donors (Lipinski definition) is 1. The topological polar surface area (TPSA) is 157 Å². The Balaban J connectivity index is 1.63. The fraction of sp³-hybridized carbons (Fsp3) is 0.200. The Morgan fingerprint density at radius 1 is 0.871 bits per heavy atom. The number of nitro benzene ring substituents is 2. The highest BCUT2D eigenvalue weighted by Gasteiger charge is 2.50. The smallest absolute Gasteiger partial charge is 0.269 e. The number of carbonyl (C=O) groups excluding carboxylic acids is 2. The summed E-state index contributed by atoms with van der Waals surface area (Å²) in [6.07, 6.45) is 3.95. The van der Waals surface area contributed by atoms with E-state index in [9.17, 15) is 29.8 Å². The molecule has 1 fully saturated rings. The SMILES string of the molecule is O=C(N=Cc1ccc([N+](=O)[O-])cc1)C1(C(=O)N/N=C\c2ccc([N+](=O)[O-])cc2)CCC1. The summed E-state index contributed by atoms with van der Waals surface area (Å²) in [7, 11) is 0. The van der Waals surface area contributed by atoms with Gasteiger partial charge in [0.2, 0.25) is 0 Å². The van der Waals surface area contributed by atoms with Crippen molar-refractivity contribution in [2.45, 2.75) is 19.3 Å². The van der Waals surface area contributed by atoms with Crippen LogP contribution in [0, 0.1) is 25.6 Å². The Labute approximate surface area is 175 Å². The molecule has 3 rings (SSSR count). The maximum atomic E-state index is 12.6. The summed E-state index contributed by atoms with van der Waals surface area (Å²) in [5, 5.41) is 25.2. The lowest BCUT2D eigenvalue weighted by Gasteiger charge is -2.36. The molecule has 11 nitrogen and oxygen atoms in total. The number of aliphatic imine (C=N–C) groups is 1. The first-order valence-corrected chi connectivity index (χ1v) is 9.23. The minimum atomic E-state index is -1.30. The van der Waals surface area contributed by atoms with E-state index in [0.29, 0.717) is 30.4 Å². The molecule has 0 saturated heterocycles. The highest BCUT2D eigenvalue weighted by atomic mass is 16.6. The number of nitrogens with one attached hydrogen (secondary N) is 1. The third kappa shape index (κ3) is 4.83. The first-order valence-electron chi connectivity index (χ1n) is 9.23. The van der Waals surface area contributed by atoms with E-state index in [1.807, 2.05) is 0 Å². The molecule has 1 aliphatic carbocycles. The van der Waals surface area contributed by atoms with E-state index in [-0.39, 0.29) is 11.4 Å². The fourth-order valence-electron chi connectivity index (χ4n) is 2.96. The average Bonchev–Trinajstić information content (AvgIpc) is 2.72. The predicted octanol–water partition coefficient (Wildman–Crippen LogP) is 2.77. The van der Waals surface area contributed by atoms with Crippen molar-refractivity contribution in [1.82, 2.24) is 5.43 Å². The van der Waals surface area contributed by atoms with Crippen molar-refractivity contribution in [3.63, 3.8) is 0 Å². The van der Waals surface area contributed by atoms with Gasteiger partial charge in [-0.05, 0) is 48.2 Å². The molecule has 0 aliphatic heterocycles. The molecule has 1 N–H and O–H groups in total. The van der Waals surface area contributed by atoms with Gasteiger partial charge in [0.05, 0.1) is 16.1 Å². The number of rotatable bonds is 7. The molecule has 11 heteroatoms. The molecule has 0 bridgehead atoms. The van der Waals surface area contributed by atoms with E-state index in [2.05, 4.69) is 15.5 Å². The lowest BCUT2D eigenvalue weighted by molar-refractivity contribution is -0.385. The molecule has 2 aromatic carbocycles. The average molecular weight is 423 g/mol. The number of hydrogen-bond acceptors (Lipinski definition) is 7. The van der Waals surface area contributed by atoms with E-state index in [4.69, 9.17) is 0 Å². The summed E-state index contributed by atoms with van der Waals surface area (Å²) in [6, 6.07) is 11.1. The zero-order valence-electron chi connectivity index (χ0n) is 16.1. The van der Waals surface area contributed by atoms with Crippen LogP contribution in [0.3, 0.4) is 0 Å². The Hall–Kier alpha value is -4.28. The Morgan fingerprint density at radius 2 is 1.35 bits per heavy atom.